The summed E-state index contributed by atoms with van der Waals surface area (Å²) in [6.45, 7) is 2.80. The van der Waals surface area contributed by atoms with Gasteiger partial charge in [0.05, 0.1) is 32.0 Å². The molecule has 9 N–H and O–H groups in total. The van der Waals surface area contributed by atoms with Gasteiger partial charge in [0, 0.05) is 6.42 Å². The first-order valence-corrected chi connectivity index (χ1v) is 30.2. The number of amides is 1. The van der Waals surface area contributed by atoms with Gasteiger partial charge in [-0.25, -0.2) is 0 Å². The van der Waals surface area contributed by atoms with Crippen LogP contribution >= 0.6 is 0 Å². The van der Waals surface area contributed by atoms with Crippen molar-refractivity contribution in [1.29, 1.82) is 0 Å². The van der Waals surface area contributed by atoms with Crippen LogP contribution in [-0.4, -0.2) is 140 Å². The second-order valence-corrected chi connectivity index (χ2v) is 21.5. The Hall–Kier alpha value is -1.79. The second-order valence-electron chi connectivity index (χ2n) is 21.5. The lowest BCUT2D eigenvalue weighted by Gasteiger charge is -2.46. The standard InChI is InChI=1S/C60H111NO13/c1-3-5-7-9-11-13-15-17-19-21-22-23-24-25-26-28-30-32-34-36-38-40-42-44-52(65)61-48(49(64)43-41-39-37-35-33-31-29-27-20-18-16-14-12-10-8-6-4-2)47-71-59-57(70)55(68)58(51(46-63)73-59)74-60-56(69)54(67)53(66)50(45-62)72-60/h15,17,21-22,41,43,48-51,53-60,62-64,66-70H,3-14,16,18-20,23-40,42,44-47H2,1-2H3,(H,61,65)/b17-15-,22-21-,43-41+. The Morgan fingerprint density at radius 2 is 0.892 bits per heavy atom. The van der Waals surface area contributed by atoms with Crippen molar-refractivity contribution >= 4 is 5.91 Å². The highest BCUT2D eigenvalue weighted by Gasteiger charge is 2.51. The number of allylic oxidation sites excluding steroid dienone is 5. The van der Waals surface area contributed by atoms with Crippen molar-refractivity contribution in [1.82, 2.24) is 5.32 Å². The highest BCUT2D eigenvalue weighted by Crippen LogP contribution is 2.30. The molecule has 0 aromatic heterocycles. The molecule has 434 valence electrons. The van der Waals surface area contributed by atoms with E-state index in [1.807, 2.05) is 6.08 Å². The Kier molecular flexibility index (Phi) is 42.6. The summed E-state index contributed by atoms with van der Waals surface area (Å²) >= 11 is 0. The maximum Gasteiger partial charge on any atom is 0.220 e. The number of ether oxygens (including phenoxy) is 4. The number of hydrogen-bond donors (Lipinski definition) is 9. The van der Waals surface area contributed by atoms with E-state index in [0.29, 0.717) is 6.42 Å². The summed E-state index contributed by atoms with van der Waals surface area (Å²) in [5.74, 6) is -0.240. The number of carbonyl (C=O) groups is 1. The summed E-state index contributed by atoms with van der Waals surface area (Å²) in [6, 6.07) is -0.915. The van der Waals surface area contributed by atoms with Crippen LogP contribution in [0.5, 0.6) is 0 Å². The molecule has 14 nitrogen and oxygen atoms in total. The number of rotatable bonds is 48. The fourth-order valence-electron chi connectivity index (χ4n) is 9.91. The van der Waals surface area contributed by atoms with Gasteiger partial charge in [0.2, 0.25) is 5.91 Å². The zero-order chi connectivity index (χ0) is 53.9. The average molecular weight is 1050 g/mol. The number of aliphatic hydroxyl groups excluding tert-OH is 8. The van der Waals surface area contributed by atoms with Crippen molar-refractivity contribution in [2.45, 2.75) is 319 Å². The minimum absolute atomic E-state index is 0.240. The molecule has 0 saturated carbocycles. The monoisotopic (exact) mass is 1050 g/mol. The summed E-state index contributed by atoms with van der Waals surface area (Å²) in [6.07, 6.45) is 38.9. The molecule has 12 atom stereocenters. The topological polar surface area (TPSA) is 228 Å². The van der Waals surface area contributed by atoms with Gasteiger partial charge in [-0.3, -0.25) is 4.79 Å². The lowest BCUT2D eigenvalue weighted by atomic mass is 9.97. The van der Waals surface area contributed by atoms with Crippen LogP contribution < -0.4 is 5.32 Å². The minimum atomic E-state index is -1.79. The Labute approximate surface area is 449 Å². The van der Waals surface area contributed by atoms with Gasteiger partial charge in [0.15, 0.2) is 12.6 Å². The molecular formula is C60H111NO13. The maximum absolute atomic E-state index is 13.3. The molecule has 0 radical (unpaired) electrons. The summed E-state index contributed by atoms with van der Waals surface area (Å²) in [4.78, 5) is 13.3. The average Bonchev–Trinajstić information content (AvgIpc) is 3.40. The zero-order valence-electron chi connectivity index (χ0n) is 46.6. The molecule has 2 heterocycles. The summed E-state index contributed by atoms with van der Waals surface area (Å²) < 4.78 is 22.8. The van der Waals surface area contributed by atoms with E-state index in [1.54, 1.807) is 6.08 Å². The van der Waals surface area contributed by atoms with Gasteiger partial charge in [-0.15, -0.1) is 0 Å². The van der Waals surface area contributed by atoms with Crippen LogP contribution in [0.2, 0.25) is 0 Å². The van der Waals surface area contributed by atoms with Crippen LogP contribution in [0.3, 0.4) is 0 Å². The molecule has 2 aliphatic heterocycles. The molecule has 2 aliphatic rings. The van der Waals surface area contributed by atoms with Crippen molar-refractivity contribution in [3.05, 3.63) is 36.5 Å². The predicted molar refractivity (Wildman–Crippen MR) is 295 cm³/mol. The molecule has 2 fully saturated rings. The van der Waals surface area contributed by atoms with Crippen molar-refractivity contribution in [2.24, 2.45) is 0 Å². The molecular weight excluding hydrogens is 943 g/mol. The molecule has 0 aromatic rings. The number of carbonyl (C=O) groups excluding carboxylic acids is 1. The molecule has 0 bridgehead atoms. The third kappa shape index (κ3) is 31.6. The quantitative estimate of drug-likeness (QED) is 0.0204. The largest absolute Gasteiger partial charge is 0.394 e. The number of aliphatic hydroxyl groups is 8. The molecule has 1 amide bonds. The van der Waals surface area contributed by atoms with E-state index < -0.39 is 86.8 Å². The van der Waals surface area contributed by atoms with E-state index >= 15 is 0 Å². The first-order valence-electron chi connectivity index (χ1n) is 30.2. The molecule has 2 saturated heterocycles. The normalized spacial score (nSPS) is 25.4. The second kappa shape index (κ2) is 46.2. The number of hydrogen-bond acceptors (Lipinski definition) is 13. The smallest absolute Gasteiger partial charge is 0.220 e. The fourth-order valence-corrected chi connectivity index (χ4v) is 9.91. The molecule has 12 unspecified atom stereocenters. The highest BCUT2D eigenvalue weighted by molar-refractivity contribution is 5.76. The van der Waals surface area contributed by atoms with E-state index in [9.17, 15) is 45.6 Å². The third-order valence-electron chi connectivity index (χ3n) is 14.8. The van der Waals surface area contributed by atoms with Gasteiger partial charge in [0.25, 0.3) is 0 Å². The van der Waals surface area contributed by atoms with Gasteiger partial charge in [-0.1, -0.05) is 224 Å². The summed E-state index contributed by atoms with van der Waals surface area (Å²) in [7, 11) is 0. The van der Waals surface area contributed by atoms with Crippen molar-refractivity contribution < 1.29 is 64.6 Å². The maximum atomic E-state index is 13.3. The Morgan fingerprint density at radius 1 is 0.486 bits per heavy atom. The van der Waals surface area contributed by atoms with Crippen molar-refractivity contribution in [2.75, 3.05) is 19.8 Å². The van der Waals surface area contributed by atoms with Crippen LogP contribution in [0.4, 0.5) is 0 Å². The number of unbranched alkanes of at least 4 members (excludes halogenated alkanes) is 31. The van der Waals surface area contributed by atoms with Gasteiger partial charge in [-0.2, -0.15) is 0 Å². The fraction of sp³-hybridized carbons (Fsp3) is 0.883. The van der Waals surface area contributed by atoms with E-state index in [-0.39, 0.29) is 18.9 Å². The van der Waals surface area contributed by atoms with E-state index in [0.717, 1.165) is 44.9 Å². The van der Waals surface area contributed by atoms with Crippen molar-refractivity contribution in [3.8, 4) is 0 Å². The van der Waals surface area contributed by atoms with Crippen LogP contribution in [0, 0.1) is 0 Å². The van der Waals surface area contributed by atoms with E-state index in [2.05, 4.69) is 43.5 Å². The third-order valence-corrected chi connectivity index (χ3v) is 14.8. The molecule has 0 aromatic carbocycles. The molecule has 14 heteroatoms. The van der Waals surface area contributed by atoms with Gasteiger partial charge in [0.1, 0.15) is 48.8 Å². The van der Waals surface area contributed by atoms with E-state index in [1.165, 1.54) is 173 Å². The first kappa shape index (κ1) is 68.3. The Balaban J connectivity index is 1.76. The van der Waals surface area contributed by atoms with Crippen LogP contribution in [0.25, 0.3) is 0 Å². The minimum Gasteiger partial charge on any atom is -0.394 e. The Morgan fingerprint density at radius 3 is 1.35 bits per heavy atom. The Bertz CT molecular complexity index is 1380. The zero-order valence-corrected chi connectivity index (χ0v) is 46.6. The lowest BCUT2D eigenvalue weighted by molar-refractivity contribution is -0.359. The first-order chi connectivity index (χ1) is 36.1. The summed E-state index contributed by atoms with van der Waals surface area (Å²) in [5.41, 5.74) is 0. The molecule has 0 spiro atoms. The van der Waals surface area contributed by atoms with E-state index in [4.69, 9.17) is 18.9 Å². The van der Waals surface area contributed by atoms with Gasteiger partial charge < -0.3 is 65.1 Å². The number of nitrogens with one attached hydrogen (secondary N) is 1. The molecule has 2 rings (SSSR count). The SMILES string of the molecule is CCCCCCC/C=C\C/C=C\CCCCCCCCCCCCCC(=O)NC(COC1OC(CO)C(OC2OC(CO)C(O)C(O)C2O)C(O)C1O)C(O)/C=C/CCCCCCCCCCCCCCCCC. The van der Waals surface area contributed by atoms with Crippen LogP contribution in [0.15, 0.2) is 36.5 Å². The lowest BCUT2D eigenvalue weighted by Crippen LogP contribution is -2.65. The summed E-state index contributed by atoms with van der Waals surface area (Å²) in [5, 5.41) is 87.1. The van der Waals surface area contributed by atoms with Crippen LogP contribution in [0.1, 0.15) is 245 Å². The van der Waals surface area contributed by atoms with Gasteiger partial charge >= 0.3 is 0 Å². The molecule has 0 aliphatic carbocycles. The molecule has 74 heavy (non-hydrogen) atoms. The van der Waals surface area contributed by atoms with Crippen LogP contribution in [-0.2, 0) is 23.7 Å². The van der Waals surface area contributed by atoms with Crippen molar-refractivity contribution in [3.63, 3.8) is 0 Å². The van der Waals surface area contributed by atoms with Gasteiger partial charge in [-0.05, 0) is 51.4 Å². The highest BCUT2D eigenvalue weighted by atomic mass is 16.7. The predicted octanol–water partition coefficient (Wildman–Crippen LogP) is 10.2.